The van der Waals surface area contributed by atoms with Gasteiger partial charge in [-0.2, -0.15) is 0 Å². The Morgan fingerprint density at radius 1 is 1.53 bits per heavy atom. The van der Waals surface area contributed by atoms with Crippen LogP contribution in [0.4, 0.5) is 4.79 Å². The lowest BCUT2D eigenvalue weighted by Crippen LogP contribution is -2.39. The van der Waals surface area contributed by atoms with Gasteiger partial charge in [-0.25, -0.2) is 4.79 Å². The van der Waals surface area contributed by atoms with Crippen LogP contribution < -0.4 is 5.73 Å². The van der Waals surface area contributed by atoms with Crippen LogP contribution in [0.3, 0.4) is 0 Å². The molecule has 5 nitrogen and oxygen atoms in total. The number of fused-ring (bicyclic) bond motifs is 1. The van der Waals surface area contributed by atoms with E-state index in [1.54, 1.807) is 4.90 Å². The number of carbonyl (C=O) groups is 1. The molecule has 2 rings (SSSR count). The molecular formula is C14H22N2O3. The van der Waals surface area contributed by atoms with E-state index in [0.29, 0.717) is 19.6 Å². The molecule has 0 saturated heterocycles. The Labute approximate surface area is 113 Å². The quantitative estimate of drug-likeness (QED) is 0.889. The van der Waals surface area contributed by atoms with E-state index < -0.39 is 5.60 Å². The number of carbonyl (C=O) groups excluding carboxylic acids is 1. The third-order valence-corrected chi connectivity index (χ3v) is 2.96. The van der Waals surface area contributed by atoms with E-state index in [9.17, 15) is 4.79 Å². The van der Waals surface area contributed by atoms with Crippen LogP contribution in [0.25, 0.3) is 0 Å². The molecule has 19 heavy (non-hydrogen) atoms. The Balaban J connectivity index is 2.03. The van der Waals surface area contributed by atoms with Gasteiger partial charge in [0, 0.05) is 24.9 Å². The van der Waals surface area contributed by atoms with Gasteiger partial charge in [0.05, 0.1) is 6.54 Å². The van der Waals surface area contributed by atoms with E-state index in [-0.39, 0.29) is 6.09 Å². The first kappa shape index (κ1) is 13.9. The van der Waals surface area contributed by atoms with Crippen LogP contribution >= 0.6 is 0 Å². The van der Waals surface area contributed by atoms with Crippen molar-refractivity contribution in [3.8, 4) is 0 Å². The zero-order valence-corrected chi connectivity index (χ0v) is 11.9. The van der Waals surface area contributed by atoms with E-state index in [0.717, 1.165) is 29.9 Å². The number of furan rings is 1. The van der Waals surface area contributed by atoms with Crippen LogP contribution in [0.15, 0.2) is 10.5 Å². The average molecular weight is 266 g/mol. The minimum absolute atomic E-state index is 0.264. The van der Waals surface area contributed by atoms with Gasteiger partial charge in [0.1, 0.15) is 17.1 Å². The highest BCUT2D eigenvalue weighted by atomic mass is 16.6. The minimum Gasteiger partial charge on any atom is -0.466 e. The van der Waals surface area contributed by atoms with Crippen LogP contribution in [0, 0.1) is 0 Å². The second-order valence-corrected chi connectivity index (χ2v) is 5.85. The van der Waals surface area contributed by atoms with Crippen molar-refractivity contribution in [2.24, 2.45) is 5.73 Å². The fourth-order valence-corrected chi connectivity index (χ4v) is 2.14. The van der Waals surface area contributed by atoms with Gasteiger partial charge in [0.25, 0.3) is 0 Å². The summed E-state index contributed by atoms with van der Waals surface area (Å²) in [5.41, 5.74) is 6.13. The standard InChI is InChI=1S/C14H22N2O3/c1-14(2,3)19-13(17)16-7-5-12-10(9-16)8-11(18-12)4-6-15/h8H,4-7,9,15H2,1-3H3. The number of ether oxygens (including phenoxy) is 1. The first-order chi connectivity index (χ1) is 8.89. The fraction of sp³-hybridized carbons (Fsp3) is 0.643. The highest BCUT2D eigenvalue weighted by Gasteiger charge is 2.27. The molecule has 1 aromatic heterocycles. The number of nitrogens with two attached hydrogens (primary N) is 1. The largest absolute Gasteiger partial charge is 0.466 e. The lowest BCUT2D eigenvalue weighted by atomic mass is 10.1. The van der Waals surface area contributed by atoms with Crippen LogP contribution in [-0.4, -0.2) is 29.7 Å². The molecule has 0 fully saturated rings. The van der Waals surface area contributed by atoms with E-state index in [2.05, 4.69) is 0 Å². The molecule has 1 amide bonds. The maximum absolute atomic E-state index is 12.0. The van der Waals surface area contributed by atoms with Crippen molar-refractivity contribution in [1.82, 2.24) is 4.90 Å². The average Bonchev–Trinajstić information content (AvgIpc) is 2.68. The van der Waals surface area contributed by atoms with Gasteiger partial charge in [-0.1, -0.05) is 0 Å². The molecule has 0 bridgehead atoms. The van der Waals surface area contributed by atoms with Gasteiger partial charge in [-0.3, -0.25) is 0 Å². The summed E-state index contributed by atoms with van der Waals surface area (Å²) in [5.74, 6) is 1.88. The predicted molar refractivity (Wildman–Crippen MR) is 71.8 cm³/mol. The summed E-state index contributed by atoms with van der Waals surface area (Å²) >= 11 is 0. The number of hydrogen-bond acceptors (Lipinski definition) is 4. The molecule has 0 radical (unpaired) electrons. The predicted octanol–water partition coefficient (Wildman–Crippen LogP) is 2.07. The molecule has 0 spiro atoms. The van der Waals surface area contributed by atoms with Gasteiger partial charge in [-0.05, 0) is 33.4 Å². The van der Waals surface area contributed by atoms with Gasteiger partial charge >= 0.3 is 6.09 Å². The van der Waals surface area contributed by atoms with E-state index in [1.165, 1.54) is 0 Å². The third-order valence-electron chi connectivity index (χ3n) is 2.96. The van der Waals surface area contributed by atoms with E-state index >= 15 is 0 Å². The Bertz CT molecular complexity index is 460. The van der Waals surface area contributed by atoms with Gasteiger partial charge in [0.2, 0.25) is 0 Å². The molecule has 2 heterocycles. The van der Waals surface area contributed by atoms with Gasteiger partial charge in [0.15, 0.2) is 0 Å². The molecule has 1 aliphatic heterocycles. The number of amides is 1. The maximum Gasteiger partial charge on any atom is 0.410 e. The van der Waals surface area contributed by atoms with E-state index in [1.807, 2.05) is 26.8 Å². The SMILES string of the molecule is CC(C)(C)OC(=O)N1CCc2oc(CCN)cc2C1. The van der Waals surface area contributed by atoms with Crippen molar-refractivity contribution in [1.29, 1.82) is 0 Å². The molecule has 0 saturated carbocycles. The maximum atomic E-state index is 12.0. The van der Waals surface area contributed by atoms with Crippen LogP contribution in [-0.2, 0) is 24.1 Å². The number of rotatable bonds is 2. The highest BCUT2D eigenvalue weighted by molar-refractivity contribution is 5.68. The summed E-state index contributed by atoms with van der Waals surface area (Å²) in [4.78, 5) is 13.7. The highest BCUT2D eigenvalue weighted by Crippen LogP contribution is 2.24. The van der Waals surface area contributed by atoms with Crippen LogP contribution in [0.1, 0.15) is 37.9 Å². The Hall–Kier alpha value is -1.49. The molecule has 0 aromatic carbocycles. The third kappa shape index (κ3) is 3.50. The summed E-state index contributed by atoms with van der Waals surface area (Å²) in [5, 5.41) is 0. The van der Waals surface area contributed by atoms with Crippen molar-refractivity contribution in [3.05, 3.63) is 23.2 Å². The first-order valence-electron chi connectivity index (χ1n) is 6.67. The molecule has 0 aliphatic carbocycles. The van der Waals surface area contributed by atoms with E-state index in [4.69, 9.17) is 14.9 Å². The Kier molecular flexibility index (Phi) is 3.85. The van der Waals surface area contributed by atoms with Crippen molar-refractivity contribution >= 4 is 6.09 Å². The summed E-state index contributed by atoms with van der Waals surface area (Å²) in [6, 6.07) is 2.00. The topological polar surface area (TPSA) is 68.7 Å². The normalized spacial score (nSPS) is 15.3. The first-order valence-corrected chi connectivity index (χ1v) is 6.67. The van der Waals surface area contributed by atoms with Gasteiger partial charge in [-0.15, -0.1) is 0 Å². The lowest BCUT2D eigenvalue weighted by molar-refractivity contribution is 0.0219. The molecule has 1 aromatic rings. The van der Waals surface area contributed by atoms with Crippen molar-refractivity contribution in [2.75, 3.05) is 13.1 Å². The molecule has 2 N–H and O–H groups in total. The zero-order valence-electron chi connectivity index (χ0n) is 11.9. The molecule has 1 aliphatic rings. The Morgan fingerprint density at radius 3 is 2.89 bits per heavy atom. The number of hydrogen-bond donors (Lipinski definition) is 1. The molecule has 0 atom stereocenters. The van der Waals surface area contributed by atoms with Crippen molar-refractivity contribution in [2.45, 2.75) is 45.8 Å². The van der Waals surface area contributed by atoms with Crippen LogP contribution in [0.5, 0.6) is 0 Å². The second-order valence-electron chi connectivity index (χ2n) is 5.85. The van der Waals surface area contributed by atoms with Crippen molar-refractivity contribution < 1.29 is 13.9 Å². The van der Waals surface area contributed by atoms with Gasteiger partial charge < -0.3 is 19.8 Å². The lowest BCUT2D eigenvalue weighted by Gasteiger charge is -2.29. The summed E-state index contributed by atoms with van der Waals surface area (Å²) in [7, 11) is 0. The second kappa shape index (κ2) is 5.25. The molecule has 106 valence electrons. The zero-order chi connectivity index (χ0) is 14.0. The van der Waals surface area contributed by atoms with Crippen molar-refractivity contribution in [3.63, 3.8) is 0 Å². The molecular weight excluding hydrogens is 244 g/mol. The summed E-state index contributed by atoms with van der Waals surface area (Å²) < 4.78 is 11.1. The smallest absolute Gasteiger partial charge is 0.410 e. The summed E-state index contributed by atoms with van der Waals surface area (Å²) in [6.45, 7) is 7.38. The minimum atomic E-state index is -0.460. The molecule has 5 heteroatoms. The molecule has 0 unspecified atom stereocenters. The fourth-order valence-electron chi connectivity index (χ4n) is 2.14. The summed E-state index contributed by atoms with van der Waals surface area (Å²) in [6.07, 6.45) is 1.21. The number of nitrogens with zero attached hydrogens (tertiary/aromatic N) is 1. The Morgan fingerprint density at radius 2 is 2.26 bits per heavy atom. The monoisotopic (exact) mass is 266 g/mol. The van der Waals surface area contributed by atoms with Crippen LogP contribution in [0.2, 0.25) is 0 Å².